The lowest BCUT2D eigenvalue weighted by Crippen LogP contribution is -2.18. The minimum Gasteiger partial charge on any atom is -0.455 e. The van der Waals surface area contributed by atoms with Gasteiger partial charge >= 0.3 is 5.97 Å². The van der Waals surface area contributed by atoms with Crippen LogP contribution in [-0.2, 0) is 9.47 Å². The van der Waals surface area contributed by atoms with Gasteiger partial charge in [-0.1, -0.05) is 30.3 Å². The van der Waals surface area contributed by atoms with Crippen molar-refractivity contribution >= 4 is 5.97 Å². The number of carbonyl (C=O) groups excluding carboxylic acids is 1. The summed E-state index contributed by atoms with van der Waals surface area (Å²) >= 11 is 0. The Balaban J connectivity index is 1.72. The Bertz CT molecular complexity index is 559. The van der Waals surface area contributed by atoms with Gasteiger partial charge in [0.25, 0.3) is 0 Å². The van der Waals surface area contributed by atoms with Crippen molar-refractivity contribution in [1.29, 1.82) is 0 Å². The average Bonchev–Trinajstić information content (AvgIpc) is 3.10. The number of nitrogens with one attached hydrogen (secondary N) is 1. The van der Waals surface area contributed by atoms with E-state index in [1.807, 2.05) is 30.3 Å². The Morgan fingerprint density at radius 1 is 1.37 bits per heavy atom. The predicted octanol–water partition coefficient (Wildman–Crippen LogP) is 2.02. The van der Waals surface area contributed by atoms with Crippen molar-refractivity contribution in [1.82, 2.24) is 10.2 Å². The minimum absolute atomic E-state index is 0.143. The summed E-state index contributed by atoms with van der Waals surface area (Å²) in [4.78, 5) is 11.9. The number of H-pyrrole nitrogens is 1. The first-order chi connectivity index (χ1) is 9.33. The third-order valence-corrected chi connectivity index (χ3v) is 3.03. The van der Waals surface area contributed by atoms with Crippen molar-refractivity contribution in [2.75, 3.05) is 13.2 Å². The summed E-state index contributed by atoms with van der Waals surface area (Å²) < 4.78 is 10.5. The molecule has 1 aromatic heterocycles. The number of benzene rings is 1. The van der Waals surface area contributed by atoms with Crippen LogP contribution in [0.4, 0.5) is 0 Å². The van der Waals surface area contributed by atoms with Gasteiger partial charge in [0, 0.05) is 12.0 Å². The molecule has 1 aliphatic heterocycles. The van der Waals surface area contributed by atoms with Gasteiger partial charge in [-0.05, 0) is 6.07 Å². The first kappa shape index (κ1) is 11.9. The number of rotatable bonds is 3. The molecule has 0 amide bonds. The van der Waals surface area contributed by atoms with Gasteiger partial charge in [0.2, 0.25) is 0 Å². The summed E-state index contributed by atoms with van der Waals surface area (Å²) in [7, 11) is 0. The maximum atomic E-state index is 11.9. The van der Waals surface area contributed by atoms with Crippen LogP contribution >= 0.6 is 0 Å². The monoisotopic (exact) mass is 258 g/mol. The van der Waals surface area contributed by atoms with E-state index < -0.39 is 0 Å². The van der Waals surface area contributed by atoms with E-state index in [0.717, 1.165) is 17.7 Å². The summed E-state index contributed by atoms with van der Waals surface area (Å²) in [6.45, 7) is 1.13. The van der Waals surface area contributed by atoms with Crippen LogP contribution in [-0.4, -0.2) is 35.5 Å². The molecule has 5 nitrogen and oxygen atoms in total. The molecule has 1 aliphatic rings. The van der Waals surface area contributed by atoms with Crippen molar-refractivity contribution in [2.24, 2.45) is 0 Å². The molecule has 1 N–H and O–H groups in total. The van der Waals surface area contributed by atoms with E-state index in [1.165, 1.54) is 0 Å². The molecule has 1 fully saturated rings. The zero-order chi connectivity index (χ0) is 13.1. The standard InChI is InChI=1S/C14H14N2O3/c17-14(19-11-6-7-18-9-11)13-8-12(15-16-13)10-4-2-1-3-5-10/h1-5,8,11H,6-7,9H2,(H,15,16)/t11-/m0/s1. The van der Waals surface area contributed by atoms with E-state index in [0.29, 0.717) is 18.9 Å². The molecule has 0 aliphatic carbocycles. The second-order valence-corrected chi connectivity index (χ2v) is 4.42. The lowest BCUT2D eigenvalue weighted by molar-refractivity contribution is 0.0264. The van der Waals surface area contributed by atoms with E-state index >= 15 is 0 Å². The highest BCUT2D eigenvalue weighted by Gasteiger charge is 2.22. The van der Waals surface area contributed by atoms with Crippen LogP contribution in [0.3, 0.4) is 0 Å². The smallest absolute Gasteiger partial charge is 0.356 e. The van der Waals surface area contributed by atoms with E-state index in [1.54, 1.807) is 6.07 Å². The highest BCUT2D eigenvalue weighted by atomic mass is 16.6. The van der Waals surface area contributed by atoms with Crippen molar-refractivity contribution in [3.63, 3.8) is 0 Å². The van der Waals surface area contributed by atoms with Crippen LogP contribution in [0.2, 0.25) is 0 Å². The third kappa shape index (κ3) is 2.66. The summed E-state index contributed by atoms with van der Waals surface area (Å²) in [5.41, 5.74) is 2.06. The van der Waals surface area contributed by atoms with Gasteiger partial charge in [0.15, 0.2) is 0 Å². The molecule has 2 heterocycles. The quantitative estimate of drug-likeness (QED) is 0.855. The maximum absolute atomic E-state index is 11.9. The molecular weight excluding hydrogens is 244 g/mol. The Hall–Kier alpha value is -2.14. The number of hydrogen-bond donors (Lipinski definition) is 1. The molecule has 0 saturated carbocycles. The second kappa shape index (κ2) is 5.24. The molecule has 1 saturated heterocycles. The lowest BCUT2D eigenvalue weighted by Gasteiger charge is -2.07. The van der Waals surface area contributed by atoms with Crippen LogP contribution in [0.5, 0.6) is 0 Å². The molecule has 1 atom stereocenters. The van der Waals surface area contributed by atoms with Crippen molar-refractivity contribution in [3.8, 4) is 11.3 Å². The molecule has 3 rings (SSSR count). The predicted molar refractivity (Wildman–Crippen MR) is 68.7 cm³/mol. The van der Waals surface area contributed by atoms with Gasteiger partial charge in [0.05, 0.1) is 18.9 Å². The number of hydrogen-bond acceptors (Lipinski definition) is 4. The van der Waals surface area contributed by atoms with Gasteiger partial charge in [-0.2, -0.15) is 5.10 Å². The van der Waals surface area contributed by atoms with Gasteiger partial charge < -0.3 is 9.47 Å². The Labute approximate surface area is 110 Å². The van der Waals surface area contributed by atoms with E-state index in [4.69, 9.17) is 9.47 Å². The molecule has 0 bridgehead atoms. The van der Waals surface area contributed by atoms with Gasteiger partial charge in [-0.3, -0.25) is 5.10 Å². The molecule has 0 radical (unpaired) electrons. The van der Waals surface area contributed by atoms with Gasteiger partial charge in [-0.25, -0.2) is 4.79 Å². The summed E-state index contributed by atoms with van der Waals surface area (Å²) in [6, 6.07) is 11.4. The first-order valence-corrected chi connectivity index (χ1v) is 6.22. The molecule has 1 aromatic carbocycles. The number of nitrogens with zero attached hydrogens (tertiary/aromatic N) is 1. The van der Waals surface area contributed by atoms with E-state index in [2.05, 4.69) is 10.2 Å². The number of aromatic amines is 1. The van der Waals surface area contributed by atoms with E-state index in [9.17, 15) is 4.79 Å². The summed E-state index contributed by atoms with van der Waals surface area (Å²) in [6.07, 6.45) is 0.613. The molecule has 2 aromatic rings. The summed E-state index contributed by atoms with van der Waals surface area (Å²) in [5, 5.41) is 6.84. The fourth-order valence-corrected chi connectivity index (χ4v) is 2.00. The van der Waals surface area contributed by atoms with Crippen LogP contribution in [0.15, 0.2) is 36.4 Å². The Morgan fingerprint density at radius 2 is 2.21 bits per heavy atom. The van der Waals surface area contributed by atoms with Crippen LogP contribution in [0, 0.1) is 0 Å². The number of ether oxygens (including phenoxy) is 2. The zero-order valence-corrected chi connectivity index (χ0v) is 10.3. The number of aromatic nitrogens is 2. The van der Waals surface area contributed by atoms with Crippen molar-refractivity contribution < 1.29 is 14.3 Å². The molecule has 5 heteroatoms. The Kier molecular flexibility index (Phi) is 3.29. The van der Waals surface area contributed by atoms with Crippen LogP contribution in [0.1, 0.15) is 16.9 Å². The van der Waals surface area contributed by atoms with Crippen LogP contribution in [0.25, 0.3) is 11.3 Å². The number of esters is 1. The molecule has 0 unspecified atom stereocenters. The SMILES string of the molecule is O=C(O[C@H]1CCOC1)c1cc(-c2ccccc2)n[nH]1. The first-order valence-electron chi connectivity index (χ1n) is 6.22. The molecular formula is C14H14N2O3. The number of carbonyl (C=O) groups is 1. The van der Waals surface area contributed by atoms with E-state index in [-0.39, 0.29) is 12.1 Å². The van der Waals surface area contributed by atoms with Gasteiger partial charge in [0.1, 0.15) is 11.8 Å². The van der Waals surface area contributed by atoms with Crippen LogP contribution < -0.4 is 0 Å². The largest absolute Gasteiger partial charge is 0.455 e. The average molecular weight is 258 g/mol. The fraction of sp³-hybridized carbons (Fsp3) is 0.286. The van der Waals surface area contributed by atoms with Crippen molar-refractivity contribution in [3.05, 3.63) is 42.1 Å². The maximum Gasteiger partial charge on any atom is 0.356 e. The topological polar surface area (TPSA) is 64.2 Å². The Morgan fingerprint density at radius 3 is 2.95 bits per heavy atom. The second-order valence-electron chi connectivity index (χ2n) is 4.42. The molecule has 19 heavy (non-hydrogen) atoms. The zero-order valence-electron chi connectivity index (χ0n) is 10.3. The lowest BCUT2D eigenvalue weighted by atomic mass is 10.1. The third-order valence-electron chi connectivity index (χ3n) is 3.03. The molecule has 0 spiro atoms. The van der Waals surface area contributed by atoms with Crippen molar-refractivity contribution in [2.45, 2.75) is 12.5 Å². The highest BCUT2D eigenvalue weighted by Crippen LogP contribution is 2.18. The molecule has 98 valence electrons. The fourth-order valence-electron chi connectivity index (χ4n) is 2.00. The summed E-state index contributed by atoms with van der Waals surface area (Å²) in [5.74, 6) is -0.384. The minimum atomic E-state index is -0.384. The normalized spacial score (nSPS) is 18.4. The highest BCUT2D eigenvalue weighted by molar-refractivity contribution is 5.88. The van der Waals surface area contributed by atoms with Gasteiger partial charge in [-0.15, -0.1) is 0 Å².